The van der Waals surface area contributed by atoms with E-state index in [0.717, 1.165) is 16.2 Å². The second kappa shape index (κ2) is 6.52. The summed E-state index contributed by atoms with van der Waals surface area (Å²) in [6.07, 6.45) is 3.89. The number of carbonyl (C=O) groups excluding carboxylic acids is 1. The molecule has 124 valence electrons. The summed E-state index contributed by atoms with van der Waals surface area (Å²) in [7, 11) is 0. The molecule has 0 bridgehead atoms. The van der Waals surface area contributed by atoms with Crippen LogP contribution in [0.2, 0.25) is 10.0 Å². The molecule has 7 heteroatoms. The second-order valence-corrected chi connectivity index (χ2v) is 7.06. The SMILES string of the molecule is O=C(Nc1ccccc1-c1cn2ccsc2n1)c1ccc(Cl)cc1Cl. The zero-order valence-corrected chi connectivity index (χ0v) is 15.1. The quantitative estimate of drug-likeness (QED) is 0.495. The molecule has 0 saturated heterocycles. The Balaban J connectivity index is 1.69. The predicted molar refractivity (Wildman–Crippen MR) is 103 cm³/mol. The number of benzene rings is 2. The topological polar surface area (TPSA) is 46.4 Å². The third-order valence-electron chi connectivity index (χ3n) is 3.72. The first-order valence-electron chi connectivity index (χ1n) is 7.40. The molecule has 25 heavy (non-hydrogen) atoms. The van der Waals surface area contributed by atoms with Gasteiger partial charge in [-0.05, 0) is 24.3 Å². The van der Waals surface area contributed by atoms with Gasteiger partial charge in [-0.1, -0.05) is 41.4 Å². The van der Waals surface area contributed by atoms with E-state index in [0.29, 0.717) is 21.3 Å². The fourth-order valence-corrected chi connectivity index (χ4v) is 3.73. The zero-order valence-electron chi connectivity index (χ0n) is 12.7. The Labute approximate surface area is 157 Å². The summed E-state index contributed by atoms with van der Waals surface area (Å²) in [6.45, 7) is 0. The molecule has 4 aromatic rings. The van der Waals surface area contributed by atoms with Crippen LogP contribution in [0.5, 0.6) is 0 Å². The van der Waals surface area contributed by atoms with Gasteiger partial charge in [0, 0.05) is 28.4 Å². The molecule has 2 aromatic carbocycles. The number of aromatic nitrogens is 2. The summed E-state index contributed by atoms with van der Waals surface area (Å²) in [5.74, 6) is -0.296. The molecule has 0 aliphatic carbocycles. The molecular weight excluding hydrogens is 377 g/mol. The molecule has 4 rings (SSSR count). The van der Waals surface area contributed by atoms with Crippen molar-refractivity contribution in [1.82, 2.24) is 9.38 Å². The van der Waals surface area contributed by atoms with Crippen molar-refractivity contribution in [2.45, 2.75) is 0 Å². The van der Waals surface area contributed by atoms with Crippen LogP contribution in [0.25, 0.3) is 16.2 Å². The molecule has 0 radical (unpaired) electrons. The van der Waals surface area contributed by atoms with Crippen LogP contribution in [0.1, 0.15) is 10.4 Å². The number of para-hydroxylation sites is 1. The van der Waals surface area contributed by atoms with Gasteiger partial charge in [-0.25, -0.2) is 4.98 Å². The minimum Gasteiger partial charge on any atom is -0.321 e. The molecule has 2 aromatic heterocycles. The highest BCUT2D eigenvalue weighted by Gasteiger charge is 2.15. The summed E-state index contributed by atoms with van der Waals surface area (Å²) >= 11 is 13.6. The predicted octanol–water partition coefficient (Wildman–Crippen LogP) is 5.62. The van der Waals surface area contributed by atoms with E-state index >= 15 is 0 Å². The van der Waals surface area contributed by atoms with E-state index in [1.54, 1.807) is 29.5 Å². The zero-order chi connectivity index (χ0) is 17.4. The Morgan fingerprint density at radius 2 is 2.00 bits per heavy atom. The number of carbonyl (C=O) groups is 1. The molecule has 0 aliphatic heterocycles. The maximum absolute atomic E-state index is 12.6. The molecule has 0 saturated carbocycles. The first kappa shape index (κ1) is 16.1. The summed E-state index contributed by atoms with van der Waals surface area (Å²) in [5, 5.41) is 5.68. The Hall–Kier alpha value is -2.34. The highest BCUT2D eigenvalue weighted by atomic mass is 35.5. The minimum atomic E-state index is -0.296. The highest BCUT2D eigenvalue weighted by molar-refractivity contribution is 7.15. The van der Waals surface area contributed by atoms with Gasteiger partial charge >= 0.3 is 0 Å². The maximum Gasteiger partial charge on any atom is 0.257 e. The lowest BCUT2D eigenvalue weighted by molar-refractivity contribution is 0.102. The largest absolute Gasteiger partial charge is 0.321 e. The van der Waals surface area contributed by atoms with Crippen LogP contribution >= 0.6 is 34.5 Å². The van der Waals surface area contributed by atoms with Gasteiger partial charge in [0.2, 0.25) is 0 Å². The molecule has 0 fully saturated rings. The molecular formula is C18H11Cl2N3OS. The summed E-state index contributed by atoms with van der Waals surface area (Å²) in [5.41, 5.74) is 2.68. The molecule has 0 unspecified atom stereocenters. The van der Waals surface area contributed by atoms with Crippen LogP contribution in [0.4, 0.5) is 5.69 Å². The van der Waals surface area contributed by atoms with Crippen LogP contribution in [-0.4, -0.2) is 15.3 Å². The number of imidazole rings is 1. The van der Waals surface area contributed by atoms with Crippen molar-refractivity contribution < 1.29 is 4.79 Å². The van der Waals surface area contributed by atoms with Crippen molar-refractivity contribution in [3.8, 4) is 11.3 Å². The van der Waals surface area contributed by atoms with E-state index in [4.69, 9.17) is 23.2 Å². The fourth-order valence-electron chi connectivity index (χ4n) is 2.54. The monoisotopic (exact) mass is 387 g/mol. The third kappa shape index (κ3) is 3.14. The van der Waals surface area contributed by atoms with Crippen LogP contribution in [-0.2, 0) is 0 Å². The normalized spacial score (nSPS) is 11.0. The number of amides is 1. The number of thiazole rings is 1. The van der Waals surface area contributed by atoms with Crippen molar-refractivity contribution in [2.24, 2.45) is 0 Å². The summed E-state index contributed by atoms with van der Waals surface area (Å²) in [4.78, 5) is 18.1. The van der Waals surface area contributed by atoms with Crippen LogP contribution in [0, 0.1) is 0 Å². The Morgan fingerprint density at radius 1 is 1.16 bits per heavy atom. The molecule has 4 nitrogen and oxygen atoms in total. The highest BCUT2D eigenvalue weighted by Crippen LogP contribution is 2.29. The molecule has 0 atom stereocenters. The third-order valence-corrected chi connectivity index (χ3v) is 5.04. The Morgan fingerprint density at radius 3 is 2.80 bits per heavy atom. The van der Waals surface area contributed by atoms with E-state index in [1.807, 2.05) is 46.4 Å². The minimum absolute atomic E-state index is 0.296. The van der Waals surface area contributed by atoms with Gasteiger partial charge in [0.25, 0.3) is 5.91 Å². The average molecular weight is 388 g/mol. The van der Waals surface area contributed by atoms with Gasteiger partial charge < -0.3 is 5.32 Å². The van der Waals surface area contributed by atoms with Crippen LogP contribution < -0.4 is 5.32 Å². The van der Waals surface area contributed by atoms with Gasteiger partial charge in [0.15, 0.2) is 4.96 Å². The Bertz CT molecular complexity index is 1060. The number of halogens is 2. The second-order valence-electron chi connectivity index (χ2n) is 5.34. The van der Waals surface area contributed by atoms with E-state index in [-0.39, 0.29) is 5.91 Å². The lowest BCUT2D eigenvalue weighted by atomic mass is 10.1. The van der Waals surface area contributed by atoms with Gasteiger partial charge in [0.05, 0.1) is 22.0 Å². The van der Waals surface area contributed by atoms with Crippen molar-refractivity contribution in [3.63, 3.8) is 0 Å². The number of rotatable bonds is 3. The Kier molecular flexibility index (Phi) is 4.21. The van der Waals surface area contributed by atoms with E-state index in [1.165, 1.54) is 0 Å². The van der Waals surface area contributed by atoms with Gasteiger partial charge in [-0.2, -0.15) is 0 Å². The van der Waals surface area contributed by atoms with Gasteiger partial charge in [-0.3, -0.25) is 9.20 Å². The number of anilines is 1. The van der Waals surface area contributed by atoms with E-state index in [9.17, 15) is 4.79 Å². The van der Waals surface area contributed by atoms with Crippen molar-refractivity contribution in [1.29, 1.82) is 0 Å². The van der Waals surface area contributed by atoms with Crippen molar-refractivity contribution in [2.75, 3.05) is 5.32 Å². The van der Waals surface area contributed by atoms with Crippen LogP contribution in [0.15, 0.2) is 60.2 Å². The molecule has 1 amide bonds. The number of hydrogen-bond donors (Lipinski definition) is 1. The molecule has 2 heterocycles. The number of nitrogens with one attached hydrogen (secondary N) is 1. The standard InChI is InChI=1S/C18H11Cl2N3OS/c19-11-5-6-12(14(20)9-11)17(24)21-15-4-2-1-3-13(15)16-10-23-7-8-25-18(23)22-16/h1-10H,(H,21,24). The smallest absolute Gasteiger partial charge is 0.257 e. The molecule has 1 N–H and O–H groups in total. The molecule has 0 spiro atoms. The first-order valence-corrected chi connectivity index (χ1v) is 9.03. The average Bonchev–Trinajstić information content (AvgIpc) is 3.16. The van der Waals surface area contributed by atoms with Crippen LogP contribution in [0.3, 0.4) is 0 Å². The lowest BCUT2D eigenvalue weighted by Gasteiger charge is -2.10. The summed E-state index contributed by atoms with van der Waals surface area (Å²) in [6, 6.07) is 12.3. The number of fused-ring (bicyclic) bond motifs is 1. The number of hydrogen-bond acceptors (Lipinski definition) is 3. The lowest BCUT2D eigenvalue weighted by Crippen LogP contribution is -2.13. The van der Waals surface area contributed by atoms with E-state index < -0.39 is 0 Å². The first-order chi connectivity index (χ1) is 12.1. The number of nitrogens with zero attached hydrogens (tertiary/aromatic N) is 2. The maximum atomic E-state index is 12.6. The molecule has 0 aliphatic rings. The van der Waals surface area contributed by atoms with Gasteiger partial charge in [0.1, 0.15) is 0 Å². The van der Waals surface area contributed by atoms with Crippen molar-refractivity contribution in [3.05, 3.63) is 75.8 Å². The summed E-state index contributed by atoms with van der Waals surface area (Å²) < 4.78 is 1.95. The van der Waals surface area contributed by atoms with Gasteiger partial charge in [-0.15, -0.1) is 11.3 Å². The fraction of sp³-hybridized carbons (Fsp3) is 0. The van der Waals surface area contributed by atoms with Crippen molar-refractivity contribution >= 4 is 51.1 Å². The van der Waals surface area contributed by atoms with E-state index in [2.05, 4.69) is 10.3 Å².